The molecule has 0 spiro atoms. The molecule has 0 fully saturated rings. The molecule has 0 saturated heterocycles. The van der Waals surface area contributed by atoms with Crippen molar-refractivity contribution < 1.29 is 17.9 Å². The minimum atomic E-state index is -4.16. The summed E-state index contributed by atoms with van der Waals surface area (Å²) in [6.07, 6.45) is -2.45. The molecule has 0 radical (unpaired) electrons. The molecule has 0 saturated carbocycles. The molecule has 0 aliphatic carbocycles. The molecule has 1 atom stereocenters. The van der Waals surface area contributed by atoms with Gasteiger partial charge in [-0.05, 0) is 6.42 Å². The van der Waals surface area contributed by atoms with Crippen molar-refractivity contribution in [1.29, 1.82) is 0 Å². The highest BCUT2D eigenvalue weighted by atomic mass is 19.4. The van der Waals surface area contributed by atoms with Crippen molar-refractivity contribution in [1.82, 2.24) is 0 Å². The van der Waals surface area contributed by atoms with Crippen molar-refractivity contribution >= 4 is 0 Å². The van der Waals surface area contributed by atoms with Gasteiger partial charge in [0.25, 0.3) is 0 Å². The van der Waals surface area contributed by atoms with Crippen LogP contribution in [0.25, 0.3) is 0 Å². The summed E-state index contributed by atoms with van der Waals surface area (Å²) in [5.74, 6) is -0.170. The fourth-order valence-electron chi connectivity index (χ4n) is 1.46. The van der Waals surface area contributed by atoms with Crippen LogP contribution in [0.15, 0.2) is 12.2 Å². The van der Waals surface area contributed by atoms with Crippen LogP contribution in [-0.2, 0) is 4.74 Å². The highest BCUT2D eigenvalue weighted by molar-refractivity contribution is 5.02. The van der Waals surface area contributed by atoms with Gasteiger partial charge in [0.15, 0.2) is 0 Å². The van der Waals surface area contributed by atoms with Crippen LogP contribution < -0.4 is 0 Å². The fourth-order valence-corrected chi connectivity index (χ4v) is 1.46. The van der Waals surface area contributed by atoms with Gasteiger partial charge in [-0.3, -0.25) is 0 Å². The number of ether oxygens (including phenoxy) is 1. The molecule has 4 heteroatoms. The highest BCUT2D eigenvalue weighted by Crippen LogP contribution is 2.29. The van der Waals surface area contributed by atoms with Gasteiger partial charge in [0.05, 0.1) is 13.0 Å². The standard InChI is InChI=1S/C11H19F3O/c1-4-5-6-10(8-15-3)9(2)7-11(12,13)14/h10H,2,4-8H2,1,3H3/t10-/m0/s1. The van der Waals surface area contributed by atoms with Gasteiger partial charge in [-0.2, -0.15) is 13.2 Å². The predicted molar refractivity (Wildman–Crippen MR) is 54.7 cm³/mol. The maximum atomic E-state index is 12.1. The zero-order valence-corrected chi connectivity index (χ0v) is 9.36. The zero-order valence-electron chi connectivity index (χ0n) is 9.36. The molecule has 0 amide bonds. The van der Waals surface area contributed by atoms with E-state index in [1.165, 1.54) is 7.11 Å². The van der Waals surface area contributed by atoms with Crippen LogP contribution in [0.5, 0.6) is 0 Å². The van der Waals surface area contributed by atoms with Crippen molar-refractivity contribution in [3.05, 3.63) is 12.2 Å². The van der Waals surface area contributed by atoms with E-state index in [2.05, 4.69) is 6.58 Å². The Bertz CT molecular complexity index is 187. The smallest absolute Gasteiger partial charge is 0.384 e. The van der Waals surface area contributed by atoms with Crippen LogP contribution in [0.4, 0.5) is 13.2 Å². The van der Waals surface area contributed by atoms with E-state index >= 15 is 0 Å². The molecule has 1 nitrogen and oxygen atoms in total. The molecule has 0 unspecified atom stereocenters. The first-order chi connectivity index (χ1) is 6.90. The van der Waals surface area contributed by atoms with Gasteiger partial charge in [-0.1, -0.05) is 31.9 Å². The van der Waals surface area contributed by atoms with Gasteiger partial charge in [0, 0.05) is 13.0 Å². The third kappa shape index (κ3) is 7.42. The molecule has 0 aromatic carbocycles. The normalized spacial score (nSPS) is 13.9. The van der Waals surface area contributed by atoms with Crippen LogP contribution >= 0.6 is 0 Å². The average Bonchev–Trinajstić information content (AvgIpc) is 2.09. The van der Waals surface area contributed by atoms with Crippen LogP contribution in [0.1, 0.15) is 32.6 Å². The van der Waals surface area contributed by atoms with Crippen molar-refractivity contribution in [2.24, 2.45) is 5.92 Å². The predicted octanol–water partition coefficient (Wildman–Crippen LogP) is 3.95. The molecule has 90 valence electrons. The molecule has 0 bridgehead atoms. The summed E-state index contributed by atoms with van der Waals surface area (Å²) >= 11 is 0. The van der Waals surface area contributed by atoms with Gasteiger partial charge >= 0.3 is 6.18 Å². The lowest BCUT2D eigenvalue weighted by atomic mass is 9.93. The number of unbranched alkanes of at least 4 members (excludes halogenated alkanes) is 1. The zero-order chi connectivity index (χ0) is 11.9. The number of hydrogen-bond acceptors (Lipinski definition) is 1. The lowest BCUT2D eigenvalue weighted by molar-refractivity contribution is -0.128. The summed E-state index contributed by atoms with van der Waals surface area (Å²) in [7, 11) is 1.50. The van der Waals surface area contributed by atoms with Gasteiger partial charge in [0.1, 0.15) is 0 Å². The molecule has 0 aromatic rings. The van der Waals surface area contributed by atoms with E-state index < -0.39 is 12.6 Å². The van der Waals surface area contributed by atoms with Crippen molar-refractivity contribution in [3.8, 4) is 0 Å². The Morgan fingerprint density at radius 1 is 1.40 bits per heavy atom. The van der Waals surface area contributed by atoms with Crippen molar-refractivity contribution in [2.75, 3.05) is 13.7 Å². The molecule has 0 aliphatic rings. The van der Waals surface area contributed by atoms with E-state index in [0.717, 1.165) is 19.3 Å². The Labute approximate surface area is 89.3 Å². The monoisotopic (exact) mass is 224 g/mol. The Balaban J connectivity index is 4.15. The van der Waals surface area contributed by atoms with Crippen LogP contribution in [0.3, 0.4) is 0 Å². The topological polar surface area (TPSA) is 9.23 Å². The quantitative estimate of drug-likeness (QED) is 0.595. The second-order valence-corrected chi connectivity index (χ2v) is 3.74. The van der Waals surface area contributed by atoms with Crippen LogP contribution in [0.2, 0.25) is 0 Å². The van der Waals surface area contributed by atoms with E-state index in [-0.39, 0.29) is 11.5 Å². The number of hydrogen-bond donors (Lipinski definition) is 0. The fraction of sp³-hybridized carbons (Fsp3) is 0.818. The van der Waals surface area contributed by atoms with E-state index in [4.69, 9.17) is 4.74 Å². The Kier molecular flexibility index (Phi) is 6.65. The number of halogens is 3. The Morgan fingerprint density at radius 2 is 2.00 bits per heavy atom. The second-order valence-electron chi connectivity index (χ2n) is 3.74. The third-order valence-electron chi connectivity index (χ3n) is 2.28. The molecule has 0 rings (SSSR count). The molecular weight excluding hydrogens is 205 g/mol. The van der Waals surface area contributed by atoms with E-state index in [9.17, 15) is 13.2 Å². The van der Waals surface area contributed by atoms with Crippen molar-refractivity contribution in [3.63, 3.8) is 0 Å². The van der Waals surface area contributed by atoms with E-state index in [1.807, 2.05) is 6.92 Å². The van der Waals surface area contributed by atoms with Crippen molar-refractivity contribution in [2.45, 2.75) is 38.8 Å². The highest BCUT2D eigenvalue weighted by Gasteiger charge is 2.30. The summed E-state index contributed by atoms with van der Waals surface area (Å²) in [6.45, 7) is 5.85. The molecule has 15 heavy (non-hydrogen) atoms. The number of methoxy groups -OCH3 is 1. The van der Waals surface area contributed by atoms with E-state index in [0.29, 0.717) is 6.61 Å². The van der Waals surface area contributed by atoms with E-state index in [1.54, 1.807) is 0 Å². The molecule has 0 aliphatic heterocycles. The SMILES string of the molecule is C=C(CC(F)(F)F)[C@@H](CCCC)COC. The minimum absolute atomic E-state index is 0.170. The lowest BCUT2D eigenvalue weighted by Crippen LogP contribution is -2.17. The number of rotatable bonds is 7. The van der Waals surface area contributed by atoms with Crippen LogP contribution in [-0.4, -0.2) is 19.9 Å². The Morgan fingerprint density at radius 3 is 2.40 bits per heavy atom. The molecule has 0 N–H and O–H groups in total. The summed E-state index contributed by atoms with van der Waals surface area (Å²) < 4.78 is 41.3. The summed E-state index contributed by atoms with van der Waals surface area (Å²) in [6, 6.07) is 0. The molecule has 0 aromatic heterocycles. The average molecular weight is 224 g/mol. The molecule has 0 heterocycles. The first-order valence-corrected chi connectivity index (χ1v) is 5.14. The third-order valence-corrected chi connectivity index (χ3v) is 2.28. The first-order valence-electron chi connectivity index (χ1n) is 5.14. The minimum Gasteiger partial charge on any atom is -0.384 e. The van der Waals surface area contributed by atoms with Gasteiger partial charge < -0.3 is 4.74 Å². The largest absolute Gasteiger partial charge is 0.392 e. The van der Waals surface area contributed by atoms with Gasteiger partial charge in [0.2, 0.25) is 0 Å². The summed E-state index contributed by atoms with van der Waals surface area (Å²) in [4.78, 5) is 0. The Hall–Kier alpha value is -0.510. The maximum absolute atomic E-state index is 12.1. The summed E-state index contributed by atoms with van der Waals surface area (Å²) in [5, 5.41) is 0. The summed E-state index contributed by atoms with van der Waals surface area (Å²) in [5.41, 5.74) is 0.234. The second kappa shape index (κ2) is 6.88. The lowest BCUT2D eigenvalue weighted by Gasteiger charge is -2.19. The van der Waals surface area contributed by atoms with Crippen LogP contribution in [0, 0.1) is 5.92 Å². The van der Waals surface area contributed by atoms with Gasteiger partial charge in [-0.15, -0.1) is 0 Å². The first kappa shape index (κ1) is 14.5. The number of alkyl halides is 3. The maximum Gasteiger partial charge on any atom is 0.392 e. The van der Waals surface area contributed by atoms with Gasteiger partial charge in [-0.25, -0.2) is 0 Å². The molecular formula is C11H19F3O.